The Morgan fingerprint density at radius 2 is 2.00 bits per heavy atom. The number of amides is 1. The lowest BCUT2D eigenvalue weighted by molar-refractivity contribution is -0.116. The van der Waals surface area contributed by atoms with Gasteiger partial charge < -0.3 is 10.1 Å². The number of sulfonamides is 1. The molecule has 0 heterocycles. The number of nitrogens with zero attached hydrogens (tertiary/aromatic N) is 1. The average molecular weight is 392 g/mol. The summed E-state index contributed by atoms with van der Waals surface area (Å²) in [5, 5.41) is 2.62. The van der Waals surface area contributed by atoms with Crippen LogP contribution in [0.15, 0.2) is 61.2 Å². The van der Waals surface area contributed by atoms with Crippen molar-refractivity contribution in [3.05, 3.63) is 72.6 Å². The van der Waals surface area contributed by atoms with E-state index in [-0.39, 0.29) is 12.1 Å². The normalized spacial score (nSPS) is 11.2. The van der Waals surface area contributed by atoms with E-state index in [9.17, 15) is 17.6 Å². The number of carbonyl (C=O) groups excluding carboxylic acids is 1. The predicted molar refractivity (Wildman–Crippen MR) is 102 cm³/mol. The van der Waals surface area contributed by atoms with E-state index in [2.05, 4.69) is 11.9 Å². The van der Waals surface area contributed by atoms with Crippen LogP contribution in [-0.4, -0.2) is 38.0 Å². The van der Waals surface area contributed by atoms with Crippen molar-refractivity contribution >= 4 is 21.6 Å². The molecule has 0 saturated heterocycles. The number of halogens is 1. The molecule has 0 aromatic heterocycles. The molecule has 27 heavy (non-hydrogen) atoms. The first-order valence-corrected chi connectivity index (χ1v) is 9.96. The largest absolute Gasteiger partial charge is 0.489 e. The van der Waals surface area contributed by atoms with Gasteiger partial charge in [0.15, 0.2) is 0 Å². The van der Waals surface area contributed by atoms with Crippen LogP contribution in [0.5, 0.6) is 5.75 Å². The molecule has 6 nitrogen and oxygen atoms in total. The number of carbonyl (C=O) groups is 1. The maximum atomic E-state index is 13.8. The van der Waals surface area contributed by atoms with Crippen LogP contribution < -0.4 is 10.1 Å². The van der Waals surface area contributed by atoms with Gasteiger partial charge in [-0.15, -0.1) is 0 Å². The molecule has 0 aliphatic carbocycles. The first-order chi connectivity index (χ1) is 12.8. The Bertz CT molecular complexity index is 915. The SMILES string of the molecule is C=CCOc1cccc(NC(=O)CN(Cc2ccccc2F)S(C)(=O)=O)c1. The third kappa shape index (κ3) is 6.50. The number of hydrogen-bond acceptors (Lipinski definition) is 4. The minimum atomic E-state index is -3.72. The zero-order valence-corrected chi connectivity index (χ0v) is 15.7. The third-order valence-corrected chi connectivity index (χ3v) is 4.78. The van der Waals surface area contributed by atoms with Crippen molar-refractivity contribution in [2.45, 2.75) is 6.54 Å². The van der Waals surface area contributed by atoms with E-state index in [4.69, 9.17) is 4.74 Å². The van der Waals surface area contributed by atoms with E-state index < -0.39 is 28.3 Å². The Morgan fingerprint density at radius 3 is 2.67 bits per heavy atom. The average Bonchev–Trinajstić information content (AvgIpc) is 2.60. The highest BCUT2D eigenvalue weighted by Crippen LogP contribution is 2.18. The summed E-state index contributed by atoms with van der Waals surface area (Å²) in [6, 6.07) is 12.5. The standard InChI is InChI=1S/C19H21FN2O4S/c1-3-11-26-17-9-6-8-16(12-17)21-19(23)14-22(27(2,24)25)13-15-7-4-5-10-18(15)20/h3-10,12H,1,11,13-14H2,2H3,(H,21,23). The molecule has 0 bridgehead atoms. The monoisotopic (exact) mass is 392 g/mol. The van der Waals surface area contributed by atoms with Crippen LogP contribution in [0, 0.1) is 5.82 Å². The predicted octanol–water partition coefficient (Wildman–Crippen LogP) is 2.79. The van der Waals surface area contributed by atoms with Crippen molar-refractivity contribution in [2.75, 3.05) is 24.7 Å². The van der Waals surface area contributed by atoms with E-state index in [1.165, 1.54) is 18.2 Å². The lowest BCUT2D eigenvalue weighted by Gasteiger charge is -2.20. The van der Waals surface area contributed by atoms with Crippen LogP contribution in [0.25, 0.3) is 0 Å². The van der Waals surface area contributed by atoms with Gasteiger partial charge in [-0.1, -0.05) is 36.9 Å². The van der Waals surface area contributed by atoms with E-state index in [1.807, 2.05) is 0 Å². The lowest BCUT2D eigenvalue weighted by Crippen LogP contribution is -2.37. The van der Waals surface area contributed by atoms with Gasteiger partial charge in [-0.3, -0.25) is 4.79 Å². The fourth-order valence-electron chi connectivity index (χ4n) is 2.29. The number of hydrogen-bond donors (Lipinski definition) is 1. The number of benzene rings is 2. The van der Waals surface area contributed by atoms with Gasteiger partial charge in [0.25, 0.3) is 0 Å². The van der Waals surface area contributed by atoms with Crippen LogP contribution in [-0.2, 0) is 21.4 Å². The molecule has 0 radical (unpaired) electrons. The highest BCUT2D eigenvalue weighted by atomic mass is 32.2. The third-order valence-electron chi connectivity index (χ3n) is 3.58. The van der Waals surface area contributed by atoms with Gasteiger partial charge in [-0.2, -0.15) is 4.31 Å². The molecular weight excluding hydrogens is 371 g/mol. The van der Waals surface area contributed by atoms with E-state index in [1.54, 1.807) is 36.4 Å². The second-order valence-electron chi connectivity index (χ2n) is 5.80. The van der Waals surface area contributed by atoms with Crippen molar-refractivity contribution in [3.8, 4) is 5.75 Å². The second-order valence-corrected chi connectivity index (χ2v) is 7.78. The molecule has 0 spiro atoms. The molecule has 1 N–H and O–H groups in total. The van der Waals surface area contributed by atoms with Gasteiger partial charge in [0.1, 0.15) is 18.2 Å². The zero-order chi connectivity index (χ0) is 19.9. The summed E-state index contributed by atoms with van der Waals surface area (Å²) in [6.45, 7) is 3.21. The number of ether oxygens (including phenoxy) is 1. The van der Waals surface area contributed by atoms with Crippen LogP contribution in [0.2, 0.25) is 0 Å². The number of anilines is 1. The minimum Gasteiger partial charge on any atom is -0.489 e. The van der Waals surface area contributed by atoms with Crippen LogP contribution in [0.4, 0.5) is 10.1 Å². The first kappa shape index (κ1) is 20.6. The molecule has 0 atom stereocenters. The van der Waals surface area contributed by atoms with Crippen molar-refractivity contribution in [1.29, 1.82) is 0 Å². The molecule has 1 amide bonds. The fraction of sp³-hybridized carbons (Fsp3) is 0.211. The zero-order valence-electron chi connectivity index (χ0n) is 14.9. The summed E-state index contributed by atoms with van der Waals surface area (Å²) in [6.07, 6.45) is 2.57. The molecule has 144 valence electrons. The summed E-state index contributed by atoms with van der Waals surface area (Å²) in [5.74, 6) is -0.532. The molecule has 2 aromatic carbocycles. The van der Waals surface area contributed by atoms with Crippen molar-refractivity contribution < 1.29 is 22.3 Å². The van der Waals surface area contributed by atoms with Crippen molar-refractivity contribution in [2.24, 2.45) is 0 Å². The molecule has 2 aromatic rings. The lowest BCUT2D eigenvalue weighted by atomic mass is 10.2. The number of rotatable bonds is 9. The summed E-state index contributed by atoms with van der Waals surface area (Å²) in [4.78, 5) is 12.3. The molecule has 0 unspecified atom stereocenters. The topological polar surface area (TPSA) is 75.7 Å². The molecule has 8 heteroatoms. The molecule has 0 aliphatic rings. The van der Waals surface area contributed by atoms with Gasteiger partial charge >= 0.3 is 0 Å². The van der Waals surface area contributed by atoms with Gasteiger partial charge in [-0.05, 0) is 18.2 Å². The maximum Gasteiger partial charge on any atom is 0.239 e. The van der Waals surface area contributed by atoms with Crippen molar-refractivity contribution in [1.82, 2.24) is 4.31 Å². The van der Waals surface area contributed by atoms with E-state index in [0.29, 0.717) is 18.0 Å². The maximum absolute atomic E-state index is 13.8. The van der Waals surface area contributed by atoms with E-state index in [0.717, 1.165) is 10.6 Å². The highest BCUT2D eigenvalue weighted by molar-refractivity contribution is 7.88. The molecule has 0 fully saturated rings. The fourth-order valence-corrected chi connectivity index (χ4v) is 3.01. The Labute approximate surface area is 158 Å². The Hall–Kier alpha value is -2.71. The smallest absolute Gasteiger partial charge is 0.239 e. The van der Waals surface area contributed by atoms with Crippen LogP contribution in [0.3, 0.4) is 0 Å². The second kappa shape index (κ2) is 9.29. The van der Waals surface area contributed by atoms with Crippen molar-refractivity contribution in [3.63, 3.8) is 0 Å². The van der Waals surface area contributed by atoms with Gasteiger partial charge in [0.05, 0.1) is 12.8 Å². The minimum absolute atomic E-state index is 0.190. The van der Waals surface area contributed by atoms with E-state index >= 15 is 0 Å². The summed E-state index contributed by atoms with van der Waals surface area (Å²) in [7, 11) is -3.72. The molecule has 2 rings (SSSR count). The van der Waals surface area contributed by atoms with Gasteiger partial charge in [0, 0.05) is 23.9 Å². The first-order valence-electron chi connectivity index (χ1n) is 8.11. The Balaban J connectivity index is 2.08. The Kier molecular flexibility index (Phi) is 7.09. The molecule has 0 saturated carbocycles. The van der Waals surface area contributed by atoms with Crippen LogP contribution >= 0.6 is 0 Å². The molecular formula is C19H21FN2O4S. The summed E-state index contributed by atoms with van der Waals surface area (Å²) < 4.78 is 44.1. The molecule has 0 aliphatic heterocycles. The highest BCUT2D eigenvalue weighted by Gasteiger charge is 2.22. The summed E-state index contributed by atoms with van der Waals surface area (Å²) >= 11 is 0. The number of nitrogens with one attached hydrogen (secondary N) is 1. The summed E-state index contributed by atoms with van der Waals surface area (Å²) in [5.41, 5.74) is 0.649. The van der Waals surface area contributed by atoms with Gasteiger partial charge in [-0.25, -0.2) is 12.8 Å². The van der Waals surface area contributed by atoms with Crippen LogP contribution in [0.1, 0.15) is 5.56 Å². The Morgan fingerprint density at radius 1 is 1.26 bits per heavy atom. The van der Waals surface area contributed by atoms with Gasteiger partial charge in [0.2, 0.25) is 15.9 Å². The quantitative estimate of drug-likeness (QED) is 0.666.